The Morgan fingerprint density at radius 1 is 1.33 bits per heavy atom. The van der Waals surface area contributed by atoms with Crippen molar-refractivity contribution in [3.63, 3.8) is 0 Å². The van der Waals surface area contributed by atoms with E-state index in [1.54, 1.807) is 26.4 Å². The lowest BCUT2D eigenvalue weighted by atomic mass is 10.1. The molecular formula is C19H22ClF2N3O2. The Morgan fingerprint density at radius 3 is 2.70 bits per heavy atom. The Balaban J connectivity index is 1.88. The Bertz CT molecular complexity index is 822. The summed E-state index contributed by atoms with van der Waals surface area (Å²) in [5, 5.41) is 0.474. The minimum absolute atomic E-state index is 0.00350. The number of methoxy groups -OCH3 is 1. The molecule has 2 aromatic heterocycles. The van der Waals surface area contributed by atoms with Crippen LogP contribution in [0.15, 0.2) is 24.5 Å². The van der Waals surface area contributed by atoms with Gasteiger partial charge in [-0.2, -0.15) is 0 Å². The minimum atomic E-state index is -2.53. The van der Waals surface area contributed by atoms with E-state index in [1.165, 1.54) is 0 Å². The van der Waals surface area contributed by atoms with Crippen LogP contribution < -0.4 is 4.74 Å². The maximum atomic E-state index is 12.4. The molecule has 3 heterocycles. The van der Waals surface area contributed by atoms with Crippen LogP contribution in [0.5, 0.6) is 5.88 Å². The average Bonchev–Trinajstić information content (AvgIpc) is 2.92. The van der Waals surface area contributed by atoms with Gasteiger partial charge in [-0.3, -0.25) is 4.90 Å². The van der Waals surface area contributed by atoms with Crippen LogP contribution in [0.4, 0.5) is 8.78 Å². The van der Waals surface area contributed by atoms with E-state index in [0.717, 1.165) is 16.7 Å². The van der Waals surface area contributed by atoms with Crippen molar-refractivity contribution in [1.82, 2.24) is 14.9 Å². The van der Waals surface area contributed by atoms with E-state index in [4.69, 9.17) is 21.1 Å². The zero-order valence-electron chi connectivity index (χ0n) is 15.6. The molecule has 0 aliphatic carbocycles. The van der Waals surface area contributed by atoms with E-state index in [-0.39, 0.29) is 24.2 Å². The lowest BCUT2D eigenvalue weighted by Crippen LogP contribution is -2.29. The van der Waals surface area contributed by atoms with Crippen molar-refractivity contribution in [2.24, 2.45) is 0 Å². The molecule has 1 aliphatic rings. The molecule has 27 heavy (non-hydrogen) atoms. The summed E-state index contributed by atoms with van der Waals surface area (Å²) in [7, 11) is 1.66. The van der Waals surface area contributed by atoms with E-state index in [0.29, 0.717) is 10.7 Å². The number of alkyl halides is 2. The standard InChI is InChI=1S/C19H22ClF2N3O2/c1-10-7-13(8-24-18(10)27-9-15(21)22)11(2)25-12(3)16-14(19(25)26-4)5-6-23-17(16)20/h5-8,11-12,15,19H,9H2,1-4H3. The van der Waals surface area contributed by atoms with Crippen LogP contribution in [0.25, 0.3) is 0 Å². The summed E-state index contributed by atoms with van der Waals surface area (Å²) in [6.45, 7) is 5.23. The van der Waals surface area contributed by atoms with Crippen molar-refractivity contribution in [3.8, 4) is 5.88 Å². The first-order chi connectivity index (χ1) is 12.8. The molecule has 0 N–H and O–H groups in total. The smallest absolute Gasteiger partial charge is 0.272 e. The molecule has 0 aromatic carbocycles. The van der Waals surface area contributed by atoms with Gasteiger partial charge in [-0.1, -0.05) is 11.6 Å². The number of fused-ring (bicyclic) bond motifs is 1. The first-order valence-corrected chi connectivity index (χ1v) is 9.05. The second kappa shape index (κ2) is 8.04. The van der Waals surface area contributed by atoms with Gasteiger partial charge < -0.3 is 9.47 Å². The molecule has 1 aliphatic heterocycles. The molecule has 0 bridgehead atoms. The quantitative estimate of drug-likeness (QED) is 0.651. The number of hydrogen-bond acceptors (Lipinski definition) is 5. The van der Waals surface area contributed by atoms with Crippen molar-refractivity contribution in [1.29, 1.82) is 0 Å². The molecule has 0 spiro atoms. The molecule has 3 unspecified atom stereocenters. The number of aromatic nitrogens is 2. The van der Waals surface area contributed by atoms with Gasteiger partial charge in [0, 0.05) is 48.3 Å². The van der Waals surface area contributed by atoms with Crippen molar-refractivity contribution in [2.75, 3.05) is 13.7 Å². The Hall–Kier alpha value is -1.83. The summed E-state index contributed by atoms with van der Waals surface area (Å²) in [5.74, 6) is 0.222. The molecule has 5 nitrogen and oxygen atoms in total. The fraction of sp³-hybridized carbons (Fsp3) is 0.474. The van der Waals surface area contributed by atoms with E-state index >= 15 is 0 Å². The molecule has 0 saturated heterocycles. The summed E-state index contributed by atoms with van der Waals surface area (Å²) in [6, 6.07) is 3.77. The zero-order valence-corrected chi connectivity index (χ0v) is 16.4. The maximum absolute atomic E-state index is 12.4. The molecule has 0 fully saturated rings. The normalized spacial score (nSPS) is 20.7. The van der Waals surface area contributed by atoms with E-state index in [1.807, 2.05) is 19.1 Å². The molecular weight excluding hydrogens is 376 g/mol. The van der Waals surface area contributed by atoms with Crippen molar-refractivity contribution < 1.29 is 18.3 Å². The third-order valence-electron chi connectivity index (χ3n) is 4.93. The molecule has 3 atom stereocenters. The first kappa shape index (κ1) is 19.9. The summed E-state index contributed by atoms with van der Waals surface area (Å²) in [4.78, 5) is 10.6. The lowest BCUT2D eigenvalue weighted by Gasteiger charge is -2.33. The summed E-state index contributed by atoms with van der Waals surface area (Å²) < 4.78 is 35.5. The molecule has 146 valence electrons. The largest absolute Gasteiger partial charge is 0.471 e. The third-order valence-corrected chi connectivity index (χ3v) is 5.23. The number of rotatable bonds is 6. The van der Waals surface area contributed by atoms with Gasteiger partial charge in [0.05, 0.1) is 0 Å². The van der Waals surface area contributed by atoms with Gasteiger partial charge in [0.1, 0.15) is 11.4 Å². The second-order valence-corrected chi connectivity index (χ2v) is 6.94. The van der Waals surface area contributed by atoms with Crippen LogP contribution in [0.1, 0.15) is 54.4 Å². The van der Waals surface area contributed by atoms with Gasteiger partial charge in [0.25, 0.3) is 6.43 Å². The van der Waals surface area contributed by atoms with Crippen molar-refractivity contribution >= 4 is 11.6 Å². The van der Waals surface area contributed by atoms with E-state index < -0.39 is 13.0 Å². The summed E-state index contributed by atoms with van der Waals surface area (Å²) >= 11 is 6.33. The van der Waals surface area contributed by atoms with Crippen LogP contribution in [0.3, 0.4) is 0 Å². The van der Waals surface area contributed by atoms with Crippen molar-refractivity contribution in [3.05, 3.63) is 51.9 Å². The van der Waals surface area contributed by atoms with Gasteiger partial charge in [0.2, 0.25) is 5.88 Å². The Labute approximate surface area is 162 Å². The summed E-state index contributed by atoms with van der Waals surface area (Å²) in [5.41, 5.74) is 3.60. The minimum Gasteiger partial charge on any atom is -0.471 e. The molecule has 0 amide bonds. The maximum Gasteiger partial charge on any atom is 0.272 e. The number of hydrogen-bond donors (Lipinski definition) is 0. The van der Waals surface area contributed by atoms with Gasteiger partial charge in [-0.05, 0) is 38.5 Å². The highest BCUT2D eigenvalue weighted by molar-refractivity contribution is 6.30. The van der Waals surface area contributed by atoms with Crippen LogP contribution in [-0.4, -0.2) is 35.0 Å². The Kier molecular flexibility index (Phi) is 5.93. The van der Waals surface area contributed by atoms with Crippen molar-refractivity contribution in [2.45, 2.75) is 45.5 Å². The molecule has 8 heteroatoms. The predicted octanol–water partition coefficient (Wildman–Crippen LogP) is 4.87. The summed E-state index contributed by atoms with van der Waals surface area (Å²) in [6.07, 6.45) is 0.533. The van der Waals surface area contributed by atoms with Gasteiger partial charge >= 0.3 is 0 Å². The number of nitrogens with zero attached hydrogens (tertiary/aromatic N) is 3. The fourth-order valence-electron chi connectivity index (χ4n) is 3.67. The molecule has 3 rings (SSSR count). The van der Waals surface area contributed by atoms with Gasteiger partial charge in [0.15, 0.2) is 6.61 Å². The topological polar surface area (TPSA) is 47.5 Å². The number of halogens is 3. The van der Waals surface area contributed by atoms with Crippen LogP contribution in [0.2, 0.25) is 5.15 Å². The van der Waals surface area contributed by atoms with Gasteiger partial charge in [-0.25, -0.2) is 18.7 Å². The second-order valence-electron chi connectivity index (χ2n) is 6.58. The van der Waals surface area contributed by atoms with E-state index in [9.17, 15) is 8.78 Å². The van der Waals surface area contributed by atoms with E-state index in [2.05, 4.69) is 21.8 Å². The van der Waals surface area contributed by atoms with Crippen LogP contribution in [-0.2, 0) is 4.74 Å². The lowest BCUT2D eigenvalue weighted by molar-refractivity contribution is -0.0609. The predicted molar refractivity (Wildman–Crippen MR) is 98.1 cm³/mol. The third kappa shape index (κ3) is 3.77. The average molecular weight is 398 g/mol. The zero-order chi connectivity index (χ0) is 19.7. The Morgan fingerprint density at radius 2 is 2.07 bits per heavy atom. The fourth-order valence-corrected chi connectivity index (χ4v) is 3.99. The van der Waals surface area contributed by atoms with Gasteiger partial charge in [-0.15, -0.1) is 0 Å². The number of aryl methyl sites for hydroxylation is 1. The molecule has 0 radical (unpaired) electrons. The van der Waals surface area contributed by atoms with Crippen LogP contribution >= 0.6 is 11.6 Å². The number of ether oxygens (including phenoxy) is 2. The highest BCUT2D eigenvalue weighted by Gasteiger charge is 2.41. The highest BCUT2D eigenvalue weighted by Crippen LogP contribution is 2.48. The molecule has 0 saturated carbocycles. The number of pyridine rings is 2. The SMILES string of the molecule is COC1c2ccnc(Cl)c2C(C)N1C(C)c1cnc(OCC(F)F)c(C)c1. The first-order valence-electron chi connectivity index (χ1n) is 8.67. The monoisotopic (exact) mass is 397 g/mol. The highest BCUT2D eigenvalue weighted by atomic mass is 35.5. The van der Waals surface area contributed by atoms with Crippen LogP contribution in [0, 0.1) is 6.92 Å². The molecule has 2 aromatic rings.